The van der Waals surface area contributed by atoms with E-state index in [-0.39, 0.29) is 11.0 Å². The fourth-order valence-corrected chi connectivity index (χ4v) is 1.86. The molecular formula is C15H16N2O4. The van der Waals surface area contributed by atoms with Gasteiger partial charge in [-0.15, -0.1) is 0 Å². The molecule has 6 heteroatoms. The Morgan fingerprint density at radius 3 is 2.48 bits per heavy atom. The third-order valence-electron chi connectivity index (χ3n) is 2.94. The van der Waals surface area contributed by atoms with Crippen LogP contribution in [0.4, 0.5) is 5.69 Å². The third-order valence-corrected chi connectivity index (χ3v) is 2.94. The largest absolute Gasteiger partial charge is 0.493 e. The zero-order valence-electron chi connectivity index (χ0n) is 12.0. The van der Waals surface area contributed by atoms with Gasteiger partial charge >= 0.3 is 0 Å². The molecule has 1 aromatic carbocycles. The van der Waals surface area contributed by atoms with Crippen LogP contribution in [-0.4, -0.2) is 25.1 Å². The van der Waals surface area contributed by atoms with Gasteiger partial charge < -0.3 is 19.8 Å². The van der Waals surface area contributed by atoms with Crippen LogP contribution in [0.25, 0.3) is 0 Å². The molecular weight excluding hydrogens is 272 g/mol. The number of carbonyl (C=O) groups is 1. The average Bonchev–Trinajstić information content (AvgIpc) is 2.46. The summed E-state index contributed by atoms with van der Waals surface area (Å²) in [5.74, 6) is 0.570. The van der Waals surface area contributed by atoms with Crippen molar-refractivity contribution in [3.8, 4) is 11.5 Å². The van der Waals surface area contributed by atoms with Gasteiger partial charge in [-0.3, -0.25) is 9.59 Å². The Hall–Kier alpha value is -2.76. The summed E-state index contributed by atoms with van der Waals surface area (Å²) >= 11 is 0. The number of benzene rings is 1. The monoisotopic (exact) mass is 288 g/mol. The smallest absolute Gasteiger partial charge is 0.261 e. The van der Waals surface area contributed by atoms with Gasteiger partial charge in [0, 0.05) is 29.7 Å². The van der Waals surface area contributed by atoms with Gasteiger partial charge in [0.05, 0.1) is 14.2 Å². The fraction of sp³-hybridized carbons (Fsp3) is 0.200. The average molecular weight is 288 g/mol. The number of methoxy groups -OCH3 is 2. The van der Waals surface area contributed by atoms with Crippen molar-refractivity contribution in [3.05, 3.63) is 51.9 Å². The summed E-state index contributed by atoms with van der Waals surface area (Å²) in [4.78, 5) is 26.7. The van der Waals surface area contributed by atoms with Crippen LogP contribution < -0.4 is 20.2 Å². The van der Waals surface area contributed by atoms with E-state index in [0.717, 1.165) is 0 Å². The van der Waals surface area contributed by atoms with Crippen molar-refractivity contribution in [3.63, 3.8) is 0 Å². The van der Waals surface area contributed by atoms with Crippen LogP contribution in [-0.2, 0) is 0 Å². The highest BCUT2D eigenvalue weighted by Gasteiger charge is 2.12. The number of anilines is 1. The summed E-state index contributed by atoms with van der Waals surface area (Å²) in [6.45, 7) is 1.75. The van der Waals surface area contributed by atoms with Gasteiger partial charge in [-0.1, -0.05) is 0 Å². The van der Waals surface area contributed by atoms with Crippen molar-refractivity contribution < 1.29 is 14.3 Å². The molecule has 0 spiro atoms. The Kier molecular flexibility index (Phi) is 4.27. The molecule has 0 aliphatic heterocycles. The van der Waals surface area contributed by atoms with Gasteiger partial charge in [-0.25, -0.2) is 0 Å². The number of carbonyl (C=O) groups excluding carboxylic acids is 1. The maximum Gasteiger partial charge on any atom is 0.261 e. The number of rotatable bonds is 4. The Morgan fingerprint density at radius 1 is 1.14 bits per heavy atom. The number of pyridine rings is 1. The molecule has 0 saturated heterocycles. The molecule has 0 saturated carbocycles. The minimum absolute atomic E-state index is 0.0513. The second kappa shape index (κ2) is 6.13. The van der Waals surface area contributed by atoms with E-state index < -0.39 is 5.91 Å². The number of hydrogen-bond acceptors (Lipinski definition) is 4. The summed E-state index contributed by atoms with van der Waals surface area (Å²) in [5.41, 5.74) is 0.930. The minimum Gasteiger partial charge on any atom is -0.493 e. The van der Waals surface area contributed by atoms with Crippen LogP contribution in [0.1, 0.15) is 16.1 Å². The quantitative estimate of drug-likeness (QED) is 0.901. The number of H-pyrrole nitrogens is 1. The van der Waals surface area contributed by atoms with Gasteiger partial charge in [0.25, 0.3) is 5.91 Å². The zero-order valence-corrected chi connectivity index (χ0v) is 12.0. The van der Waals surface area contributed by atoms with E-state index >= 15 is 0 Å². The molecule has 0 radical (unpaired) electrons. The maximum atomic E-state index is 12.1. The van der Waals surface area contributed by atoms with Crippen molar-refractivity contribution in [2.24, 2.45) is 0 Å². The molecule has 1 heterocycles. The zero-order chi connectivity index (χ0) is 15.4. The molecule has 21 heavy (non-hydrogen) atoms. The lowest BCUT2D eigenvalue weighted by atomic mass is 10.2. The first-order valence-electron chi connectivity index (χ1n) is 6.28. The molecule has 0 fully saturated rings. The molecule has 0 unspecified atom stereocenters. The highest BCUT2D eigenvalue weighted by Crippen LogP contribution is 2.29. The number of hydrogen-bond donors (Lipinski definition) is 2. The summed E-state index contributed by atoms with van der Waals surface area (Å²) in [7, 11) is 3.04. The van der Waals surface area contributed by atoms with E-state index in [1.807, 2.05) is 0 Å². The molecule has 6 nitrogen and oxygen atoms in total. The standard InChI is InChI=1S/C15H16N2O4/c1-9-6-12(18)11(8-16-9)15(19)17-10-4-5-13(20-2)14(7-10)21-3/h4-8H,1-3H3,(H,16,18)(H,17,19). The first-order valence-corrected chi connectivity index (χ1v) is 6.28. The molecule has 0 aliphatic carbocycles. The number of aromatic amines is 1. The second-order valence-electron chi connectivity index (χ2n) is 4.42. The lowest BCUT2D eigenvalue weighted by Gasteiger charge is -2.10. The first kappa shape index (κ1) is 14.6. The molecule has 1 aromatic heterocycles. The first-order chi connectivity index (χ1) is 10.0. The van der Waals surface area contributed by atoms with E-state index in [2.05, 4.69) is 10.3 Å². The molecule has 0 aliphatic rings. The summed E-state index contributed by atoms with van der Waals surface area (Å²) < 4.78 is 10.3. The molecule has 2 rings (SSSR count). The normalized spacial score (nSPS) is 10.0. The van der Waals surface area contributed by atoms with E-state index in [1.54, 1.807) is 25.1 Å². The van der Waals surface area contributed by atoms with Crippen molar-refractivity contribution in [2.45, 2.75) is 6.92 Å². The van der Waals surface area contributed by atoms with E-state index in [1.165, 1.54) is 26.5 Å². The molecule has 0 atom stereocenters. The van der Waals surface area contributed by atoms with Gasteiger partial charge in [0.15, 0.2) is 16.9 Å². The van der Waals surface area contributed by atoms with Crippen LogP contribution in [0.2, 0.25) is 0 Å². The van der Waals surface area contributed by atoms with Gasteiger partial charge in [-0.2, -0.15) is 0 Å². The summed E-state index contributed by atoms with van der Waals surface area (Å²) in [5, 5.41) is 2.65. The number of amides is 1. The van der Waals surface area contributed by atoms with E-state index in [0.29, 0.717) is 22.9 Å². The highest BCUT2D eigenvalue weighted by atomic mass is 16.5. The fourth-order valence-electron chi connectivity index (χ4n) is 1.86. The number of aryl methyl sites for hydroxylation is 1. The van der Waals surface area contributed by atoms with Crippen molar-refractivity contribution >= 4 is 11.6 Å². The molecule has 0 bridgehead atoms. The highest BCUT2D eigenvalue weighted by molar-refractivity contribution is 6.04. The lowest BCUT2D eigenvalue weighted by Crippen LogP contribution is -2.21. The number of aromatic nitrogens is 1. The van der Waals surface area contributed by atoms with Gasteiger partial charge in [0.1, 0.15) is 5.56 Å². The van der Waals surface area contributed by atoms with Crippen LogP contribution in [0.3, 0.4) is 0 Å². The lowest BCUT2D eigenvalue weighted by molar-refractivity contribution is 0.102. The Labute approximate surface area is 121 Å². The Morgan fingerprint density at radius 2 is 1.86 bits per heavy atom. The summed E-state index contributed by atoms with van der Waals surface area (Å²) in [6, 6.07) is 6.35. The van der Waals surface area contributed by atoms with Crippen molar-refractivity contribution in [2.75, 3.05) is 19.5 Å². The van der Waals surface area contributed by atoms with E-state index in [4.69, 9.17) is 9.47 Å². The SMILES string of the molecule is COc1ccc(NC(=O)c2c[nH]c(C)cc2=O)cc1OC. The second-order valence-corrected chi connectivity index (χ2v) is 4.42. The predicted molar refractivity (Wildman–Crippen MR) is 79.3 cm³/mol. The third kappa shape index (κ3) is 3.22. The maximum absolute atomic E-state index is 12.1. The van der Waals surface area contributed by atoms with Crippen molar-refractivity contribution in [1.82, 2.24) is 4.98 Å². The van der Waals surface area contributed by atoms with E-state index in [9.17, 15) is 9.59 Å². The van der Waals surface area contributed by atoms with Crippen LogP contribution in [0.15, 0.2) is 35.3 Å². The van der Waals surface area contributed by atoms with Crippen molar-refractivity contribution in [1.29, 1.82) is 0 Å². The number of nitrogens with one attached hydrogen (secondary N) is 2. The van der Waals surface area contributed by atoms with Crippen LogP contribution in [0.5, 0.6) is 11.5 Å². The topological polar surface area (TPSA) is 80.4 Å². The summed E-state index contributed by atoms with van der Waals surface area (Å²) in [6.07, 6.45) is 1.40. The number of ether oxygens (including phenoxy) is 2. The van der Waals surface area contributed by atoms with Crippen LogP contribution in [0, 0.1) is 6.92 Å². The molecule has 2 aromatic rings. The molecule has 1 amide bonds. The van der Waals surface area contributed by atoms with Gasteiger partial charge in [-0.05, 0) is 19.1 Å². The molecule has 2 N–H and O–H groups in total. The predicted octanol–water partition coefficient (Wildman–Crippen LogP) is 1.95. The minimum atomic E-state index is -0.483. The van der Waals surface area contributed by atoms with Crippen LogP contribution >= 0.6 is 0 Å². The Balaban J connectivity index is 2.25. The molecule has 110 valence electrons. The van der Waals surface area contributed by atoms with Gasteiger partial charge in [0.2, 0.25) is 0 Å². The Bertz CT molecular complexity index is 722.